The van der Waals surface area contributed by atoms with E-state index in [1.807, 2.05) is 13.1 Å². The summed E-state index contributed by atoms with van der Waals surface area (Å²) in [6.45, 7) is 2.08. The van der Waals surface area contributed by atoms with Crippen LogP contribution in [0.5, 0.6) is 0 Å². The van der Waals surface area contributed by atoms with Crippen LogP contribution < -0.4 is 4.90 Å². The number of likely N-dealkylation sites (tertiary alicyclic amines) is 1. The lowest BCUT2D eigenvalue weighted by Gasteiger charge is -2.28. The van der Waals surface area contributed by atoms with Gasteiger partial charge in [-0.3, -0.25) is 0 Å². The average Bonchev–Trinajstić information content (AvgIpc) is 2.74. The smallest absolute Gasteiger partial charge is 0.129 e. The van der Waals surface area contributed by atoms with Crippen LogP contribution >= 0.6 is 11.6 Å². The summed E-state index contributed by atoms with van der Waals surface area (Å²) in [4.78, 5) is 4.49. The SMILES string of the molecule is CN(CC1CCCN1C)c1cccc(F)c1CCl. The minimum atomic E-state index is -0.214. The molecule has 1 aliphatic heterocycles. The van der Waals surface area contributed by atoms with Crippen molar-refractivity contribution in [1.82, 2.24) is 4.90 Å². The Balaban J connectivity index is 2.13. The fourth-order valence-electron chi connectivity index (χ4n) is 2.66. The van der Waals surface area contributed by atoms with Gasteiger partial charge in [-0.05, 0) is 38.6 Å². The third-order valence-electron chi connectivity index (χ3n) is 3.80. The van der Waals surface area contributed by atoms with E-state index in [9.17, 15) is 4.39 Å². The number of benzene rings is 1. The first kappa shape index (κ1) is 13.6. The third kappa shape index (κ3) is 2.78. The van der Waals surface area contributed by atoms with Crippen LogP contribution in [0.15, 0.2) is 18.2 Å². The molecule has 2 nitrogen and oxygen atoms in total. The van der Waals surface area contributed by atoms with Gasteiger partial charge in [0.05, 0.1) is 5.88 Å². The molecule has 0 saturated carbocycles. The normalized spacial score (nSPS) is 20.3. The number of hydrogen-bond donors (Lipinski definition) is 0. The Morgan fingerprint density at radius 3 is 2.89 bits per heavy atom. The van der Waals surface area contributed by atoms with E-state index >= 15 is 0 Å². The molecule has 0 aromatic heterocycles. The van der Waals surface area contributed by atoms with E-state index < -0.39 is 0 Å². The lowest BCUT2D eigenvalue weighted by molar-refractivity contribution is 0.314. The van der Waals surface area contributed by atoms with Gasteiger partial charge < -0.3 is 9.80 Å². The number of likely N-dealkylation sites (N-methyl/N-ethyl adjacent to an activating group) is 2. The molecule has 0 radical (unpaired) electrons. The molecule has 1 aromatic carbocycles. The Hall–Kier alpha value is -0.800. The molecule has 18 heavy (non-hydrogen) atoms. The molecule has 4 heteroatoms. The van der Waals surface area contributed by atoms with Gasteiger partial charge in [0.1, 0.15) is 5.82 Å². The minimum absolute atomic E-state index is 0.214. The zero-order valence-corrected chi connectivity index (χ0v) is 11.8. The van der Waals surface area contributed by atoms with Gasteiger partial charge in [-0.1, -0.05) is 6.07 Å². The van der Waals surface area contributed by atoms with Crippen molar-refractivity contribution in [2.45, 2.75) is 24.8 Å². The first-order valence-electron chi connectivity index (χ1n) is 6.38. The van der Waals surface area contributed by atoms with Crippen molar-refractivity contribution in [2.75, 3.05) is 32.1 Å². The van der Waals surface area contributed by atoms with Gasteiger partial charge in [0, 0.05) is 30.9 Å². The lowest BCUT2D eigenvalue weighted by Crippen LogP contribution is -2.37. The first-order chi connectivity index (χ1) is 8.63. The number of nitrogens with zero attached hydrogens (tertiary/aromatic N) is 2. The molecule has 1 fully saturated rings. The highest BCUT2D eigenvalue weighted by Gasteiger charge is 2.23. The van der Waals surface area contributed by atoms with Gasteiger partial charge in [0.2, 0.25) is 0 Å². The number of anilines is 1. The fourth-order valence-corrected chi connectivity index (χ4v) is 2.93. The van der Waals surface area contributed by atoms with Crippen molar-refractivity contribution >= 4 is 17.3 Å². The molecule has 100 valence electrons. The molecule has 0 bridgehead atoms. The second-order valence-corrected chi connectivity index (χ2v) is 5.30. The Bertz CT molecular complexity index is 411. The maximum Gasteiger partial charge on any atom is 0.129 e. The van der Waals surface area contributed by atoms with Crippen molar-refractivity contribution in [3.8, 4) is 0 Å². The van der Waals surface area contributed by atoms with Gasteiger partial charge in [-0.2, -0.15) is 0 Å². The third-order valence-corrected chi connectivity index (χ3v) is 4.06. The number of rotatable bonds is 4. The van der Waals surface area contributed by atoms with E-state index in [1.54, 1.807) is 6.07 Å². The number of halogens is 2. The Labute approximate surface area is 113 Å². The van der Waals surface area contributed by atoms with E-state index in [4.69, 9.17) is 11.6 Å². The molecular formula is C14H20ClFN2. The largest absolute Gasteiger partial charge is 0.373 e. The Morgan fingerprint density at radius 2 is 2.28 bits per heavy atom. The van der Waals surface area contributed by atoms with E-state index in [1.165, 1.54) is 18.9 Å². The molecular weight excluding hydrogens is 251 g/mol. The van der Waals surface area contributed by atoms with E-state index in [0.29, 0.717) is 11.6 Å². The van der Waals surface area contributed by atoms with E-state index in [0.717, 1.165) is 18.8 Å². The van der Waals surface area contributed by atoms with Crippen LogP contribution in [0, 0.1) is 5.82 Å². The molecule has 1 atom stereocenters. The van der Waals surface area contributed by atoms with Gasteiger partial charge in [-0.25, -0.2) is 4.39 Å². The molecule has 0 amide bonds. The van der Waals surface area contributed by atoms with Crippen LogP contribution in [0.2, 0.25) is 0 Å². The topological polar surface area (TPSA) is 6.48 Å². The average molecular weight is 271 g/mol. The molecule has 0 N–H and O–H groups in total. The van der Waals surface area contributed by atoms with Crippen LogP contribution in [0.4, 0.5) is 10.1 Å². The van der Waals surface area contributed by atoms with Crippen LogP contribution in [-0.4, -0.2) is 38.1 Å². The van der Waals surface area contributed by atoms with Gasteiger partial charge >= 0.3 is 0 Å². The zero-order chi connectivity index (χ0) is 13.1. The zero-order valence-electron chi connectivity index (χ0n) is 11.0. The van der Waals surface area contributed by atoms with Crippen LogP contribution in [-0.2, 0) is 5.88 Å². The predicted octanol–water partition coefficient (Wildman–Crippen LogP) is 3.09. The molecule has 0 spiro atoms. The van der Waals surface area contributed by atoms with Gasteiger partial charge in [0.25, 0.3) is 0 Å². The highest BCUT2D eigenvalue weighted by molar-refractivity contribution is 6.17. The molecule has 1 unspecified atom stereocenters. The number of hydrogen-bond acceptors (Lipinski definition) is 2. The van der Waals surface area contributed by atoms with Gasteiger partial charge in [0.15, 0.2) is 0 Å². The van der Waals surface area contributed by atoms with Crippen molar-refractivity contribution < 1.29 is 4.39 Å². The number of alkyl halides is 1. The summed E-state index contributed by atoms with van der Waals surface area (Å²) in [5.74, 6) is 0.00136. The first-order valence-corrected chi connectivity index (χ1v) is 6.91. The molecule has 1 aliphatic rings. The monoisotopic (exact) mass is 270 g/mol. The van der Waals surface area contributed by atoms with Crippen molar-refractivity contribution in [3.63, 3.8) is 0 Å². The van der Waals surface area contributed by atoms with Crippen LogP contribution in [0.3, 0.4) is 0 Å². The van der Waals surface area contributed by atoms with Crippen LogP contribution in [0.1, 0.15) is 18.4 Å². The van der Waals surface area contributed by atoms with Crippen molar-refractivity contribution in [1.29, 1.82) is 0 Å². The second-order valence-electron chi connectivity index (χ2n) is 5.03. The second kappa shape index (κ2) is 5.89. The standard InChI is InChI=1S/C14H20ClFN2/c1-17-8-4-5-11(17)10-18(2)14-7-3-6-13(16)12(14)9-15/h3,6-7,11H,4-5,8-10H2,1-2H3. The van der Waals surface area contributed by atoms with E-state index in [-0.39, 0.29) is 11.7 Å². The Kier molecular flexibility index (Phi) is 4.46. The lowest BCUT2D eigenvalue weighted by atomic mass is 10.1. The maximum absolute atomic E-state index is 13.7. The quantitative estimate of drug-likeness (QED) is 0.776. The summed E-state index contributed by atoms with van der Waals surface area (Å²) in [5, 5.41) is 0. The highest BCUT2D eigenvalue weighted by Crippen LogP contribution is 2.26. The fraction of sp³-hybridized carbons (Fsp3) is 0.571. The molecule has 1 aromatic rings. The van der Waals surface area contributed by atoms with Crippen LogP contribution in [0.25, 0.3) is 0 Å². The van der Waals surface area contributed by atoms with Crippen molar-refractivity contribution in [3.05, 3.63) is 29.6 Å². The van der Waals surface area contributed by atoms with Crippen molar-refractivity contribution in [2.24, 2.45) is 0 Å². The minimum Gasteiger partial charge on any atom is -0.373 e. The maximum atomic E-state index is 13.7. The molecule has 1 heterocycles. The summed E-state index contributed by atoms with van der Waals surface area (Å²) in [6.07, 6.45) is 2.47. The predicted molar refractivity (Wildman–Crippen MR) is 74.9 cm³/mol. The highest BCUT2D eigenvalue weighted by atomic mass is 35.5. The summed E-state index contributed by atoms with van der Waals surface area (Å²) in [6, 6.07) is 5.71. The van der Waals surface area contributed by atoms with E-state index in [2.05, 4.69) is 16.8 Å². The summed E-state index contributed by atoms with van der Waals surface area (Å²) < 4.78 is 13.7. The Morgan fingerprint density at radius 1 is 1.50 bits per heavy atom. The molecule has 1 saturated heterocycles. The summed E-state index contributed by atoms with van der Waals surface area (Å²) >= 11 is 5.85. The molecule has 2 rings (SSSR count). The van der Waals surface area contributed by atoms with Gasteiger partial charge in [-0.15, -0.1) is 11.6 Å². The molecule has 0 aliphatic carbocycles. The summed E-state index contributed by atoms with van der Waals surface area (Å²) in [7, 11) is 4.16. The summed E-state index contributed by atoms with van der Waals surface area (Å²) in [5.41, 5.74) is 1.51.